The summed E-state index contributed by atoms with van der Waals surface area (Å²) in [5, 5.41) is 3.27. The molecule has 2 heteroatoms. The number of anilines is 1. The van der Waals surface area contributed by atoms with Crippen molar-refractivity contribution in [1.29, 1.82) is 0 Å². The van der Waals surface area contributed by atoms with E-state index in [0.29, 0.717) is 6.73 Å². The monoisotopic (exact) mass is 255 g/mol. The molecule has 0 spiro atoms. The summed E-state index contributed by atoms with van der Waals surface area (Å²) in [5.41, 5.74) is 6.22. The smallest absolute Gasteiger partial charge is 0.159 e. The second-order valence-electron chi connectivity index (χ2n) is 5.01. The molecular weight excluding hydrogens is 234 g/mol. The number of nitrogens with one attached hydrogen (secondary N) is 1. The Morgan fingerprint density at radius 1 is 0.789 bits per heavy atom. The van der Waals surface area contributed by atoms with Crippen LogP contribution >= 0.6 is 0 Å². The van der Waals surface area contributed by atoms with Crippen LogP contribution < -0.4 is 10.1 Å². The third-order valence-corrected chi connectivity index (χ3v) is 3.50. The molecule has 0 aliphatic carbocycles. The Kier molecular flexibility index (Phi) is 4.10. The zero-order valence-corrected chi connectivity index (χ0v) is 12.1. The standard InChI is InChI=1S/C17H21NO/c1-12-5-7-16(9-14(12)3)18-11-19-17-8-6-13(2)15(4)10-17/h5-10,18H,11H2,1-4H3. The van der Waals surface area contributed by atoms with E-state index in [0.717, 1.165) is 11.4 Å². The average Bonchev–Trinajstić information content (AvgIpc) is 2.38. The first-order chi connectivity index (χ1) is 9.06. The SMILES string of the molecule is Cc1ccc(NCOc2ccc(C)c(C)c2)cc1C. The van der Waals surface area contributed by atoms with Crippen LogP contribution in [0.1, 0.15) is 22.3 Å². The van der Waals surface area contributed by atoms with Crippen molar-refractivity contribution >= 4 is 5.69 Å². The fraction of sp³-hybridized carbons (Fsp3) is 0.294. The van der Waals surface area contributed by atoms with E-state index in [1.54, 1.807) is 0 Å². The summed E-state index contributed by atoms with van der Waals surface area (Å²) in [6.45, 7) is 8.91. The highest BCUT2D eigenvalue weighted by atomic mass is 16.5. The lowest BCUT2D eigenvalue weighted by Gasteiger charge is -2.11. The van der Waals surface area contributed by atoms with Gasteiger partial charge in [0, 0.05) is 5.69 Å². The minimum Gasteiger partial charge on any atom is -0.473 e. The molecule has 0 aliphatic heterocycles. The van der Waals surface area contributed by atoms with E-state index in [-0.39, 0.29) is 0 Å². The summed E-state index contributed by atoms with van der Waals surface area (Å²) in [6, 6.07) is 12.5. The van der Waals surface area contributed by atoms with Gasteiger partial charge in [-0.05, 0) is 74.2 Å². The van der Waals surface area contributed by atoms with Gasteiger partial charge in [-0.3, -0.25) is 0 Å². The van der Waals surface area contributed by atoms with Gasteiger partial charge in [-0.15, -0.1) is 0 Å². The lowest BCUT2D eigenvalue weighted by molar-refractivity contribution is 0.346. The molecule has 0 unspecified atom stereocenters. The zero-order chi connectivity index (χ0) is 13.8. The summed E-state index contributed by atoms with van der Waals surface area (Å²) in [7, 11) is 0. The zero-order valence-electron chi connectivity index (χ0n) is 12.1. The number of aryl methyl sites for hydroxylation is 4. The molecule has 0 fully saturated rings. The van der Waals surface area contributed by atoms with Gasteiger partial charge in [-0.1, -0.05) is 12.1 Å². The van der Waals surface area contributed by atoms with Crippen molar-refractivity contribution < 1.29 is 4.74 Å². The average molecular weight is 255 g/mol. The summed E-state index contributed by atoms with van der Waals surface area (Å²) < 4.78 is 5.70. The largest absolute Gasteiger partial charge is 0.473 e. The summed E-state index contributed by atoms with van der Waals surface area (Å²) >= 11 is 0. The first-order valence-electron chi connectivity index (χ1n) is 6.57. The molecule has 2 rings (SSSR count). The molecule has 0 amide bonds. The molecule has 2 aromatic carbocycles. The molecular formula is C17H21NO. The van der Waals surface area contributed by atoms with Gasteiger partial charge in [-0.2, -0.15) is 0 Å². The molecule has 0 saturated carbocycles. The van der Waals surface area contributed by atoms with Gasteiger partial charge in [0.05, 0.1) is 0 Å². The fourth-order valence-corrected chi connectivity index (χ4v) is 1.86. The van der Waals surface area contributed by atoms with Crippen LogP contribution in [0.25, 0.3) is 0 Å². The minimum atomic E-state index is 0.477. The van der Waals surface area contributed by atoms with Crippen LogP contribution in [0.3, 0.4) is 0 Å². The maximum atomic E-state index is 5.70. The molecule has 0 bridgehead atoms. The highest BCUT2D eigenvalue weighted by Crippen LogP contribution is 2.17. The molecule has 0 aromatic heterocycles. The van der Waals surface area contributed by atoms with Gasteiger partial charge in [0.15, 0.2) is 6.73 Å². The van der Waals surface area contributed by atoms with E-state index in [1.807, 2.05) is 6.07 Å². The summed E-state index contributed by atoms with van der Waals surface area (Å²) in [5.74, 6) is 0.902. The third-order valence-electron chi connectivity index (χ3n) is 3.50. The van der Waals surface area contributed by atoms with Crippen LogP contribution in [-0.2, 0) is 0 Å². The Hall–Kier alpha value is -1.96. The molecule has 1 N–H and O–H groups in total. The van der Waals surface area contributed by atoms with Crippen molar-refractivity contribution in [2.45, 2.75) is 27.7 Å². The number of ether oxygens (including phenoxy) is 1. The van der Waals surface area contributed by atoms with Gasteiger partial charge in [-0.25, -0.2) is 0 Å². The van der Waals surface area contributed by atoms with E-state index in [2.05, 4.69) is 63.3 Å². The summed E-state index contributed by atoms with van der Waals surface area (Å²) in [6.07, 6.45) is 0. The van der Waals surface area contributed by atoms with E-state index in [9.17, 15) is 0 Å². The lowest BCUT2D eigenvalue weighted by atomic mass is 10.1. The Morgan fingerprint density at radius 2 is 1.42 bits per heavy atom. The fourth-order valence-electron chi connectivity index (χ4n) is 1.86. The minimum absolute atomic E-state index is 0.477. The molecule has 0 atom stereocenters. The molecule has 0 saturated heterocycles. The highest BCUT2D eigenvalue weighted by Gasteiger charge is 1.98. The van der Waals surface area contributed by atoms with Crippen molar-refractivity contribution in [3.05, 3.63) is 58.7 Å². The molecule has 2 aromatic rings. The predicted molar refractivity (Wildman–Crippen MR) is 80.9 cm³/mol. The molecule has 0 heterocycles. The normalized spacial score (nSPS) is 10.3. The summed E-state index contributed by atoms with van der Waals surface area (Å²) in [4.78, 5) is 0. The number of hydrogen-bond acceptors (Lipinski definition) is 2. The van der Waals surface area contributed by atoms with Gasteiger partial charge in [0.2, 0.25) is 0 Å². The topological polar surface area (TPSA) is 21.3 Å². The van der Waals surface area contributed by atoms with Crippen LogP contribution in [0.5, 0.6) is 5.75 Å². The van der Waals surface area contributed by atoms with Crippen LogP contribution in [0.4, 0.5) is 5.69 Å². The van der Waals surface area contributed by atoms with Crippen molar-refractivity contribution in [3.8, 4) is 5.75 Å². The van der Waals surface area contributed by atoms with Crippen LogP contribution in [0.15, 0.2) is 36.4 Å². The number of rotatable bonds is 4. The van der Waals surface area contributed by atoms with Crippen molar-refractivity contribution in [3.63, 3.8) is 0 Å². The van der Waals surface area contributed by atoms with Gasteiger partial charge >= 0.3 is 0 Å². The molecule has 2 nitrogen and oxygen atoms in total. The van der Waals surface area contributed by atoms with Gasteiger partial charge < -0.3 is 10.1 Å². The first-order valence-corrected chi connectivity index (χ1v) is 6.57. The van der Waals surface area contributed by atoms with Gasteiger partial charge in [0.1, 0.15) is 5.75 Å². The van der Waals surface area contributed by atoms with Gasteiger partial charge in [0.25, 0.3) is 0 Å². The Morgan fingerprint density at radius 3 is 2.05 bits per heavy atom. The third kappa shape index (κ3) is 3.50. The molecule has 0 aliphatic rings. The van der Waals surface area contributed by atoms with E-state index < -0.39 is 0 Å². The number of hydrogen-bond donors (Lipinski definition) is 1. The van der Waals surface area contributed by atoms with E-state index >= 15 is 0 Å². The highest BCUT2D eigenvalue weighted by molar-refractivity contribution is 5.48. The van der Waals surface area contributed by atoms with Crippen LogP contribution in [-0.4, -0.2) is 6.73 Å². The Bertz CT molecular complexity index is 524. The molecule has 19 heavy (non-hydrogen) atoms. The Balaban J connectivity index is 1.92. The lowest BCUT2D eigenvalue weighted by Crippen LogP contribution is -2.09. The van der Waals surface area contributed by atoms with E-state index in [4.69, 9.17) is 4.74 Å². The van der Waals surface area contributed by atoms with Crippen molar-refractivity contribution in [2.75, 3.05) is 12.0 Å². The molecule has 100 valence electrons. The van der Waals surface area contributed by atoms with Crippen LogP contribution in [0.2, 0.25) is 0 Å². The van der Waals surface area contributed by atoms with Crippen molar-refractivity contribution in [2.24, 2.45) is 0 Å². The maximum Gasteiger partial charge on any atom is 0.159 e. The maximum absolute atomic E-state index is 5.70. The van der Waals surface area contributed by atoms with Crippen molar-refractivity contribution in [1.82, 2.24) is 0 Å². The second kappa shape index (κ2) is 5.79. The Labute approximate surface area is 115 Å². The van der Waals surface area contributed by atoms with E-state index in [1.165, 1.54) is 22.3 Å². The first kappa shape index (κ1) is 13.5. The number of benzene rings is 2. The second-order valence-corrected chi connectivity index (χ2v) is 5.01. The predicted octanol–water partition coefficient (Wildman–Crippen LogP) is 4.37. The molecule has 0 radical (unpaired) electrons. The quantitative estimate of drug-likeness (QED) is 0.819. The van der Waals surface area contributed by atoms with Crippen LogP contribution in [0, 0.1) is 27.7 Å².